The van der Waals surface area contributed by atoms with E-state index in [2.05, 4.69) is 24.5 Å². The molecule has 7 heteroatoms. The minimum absolute atomic E-state index is 0.0396. The number of aliphatic carboxylic acids is 1. The maximum atomic E-state index is 12.6. The molecule has 0 aliphatic carbocycles. The quantitative estimate of drug-likeness (QED) is 0.250. The van der Waals surface area contributed by atoms with Crippen molar-refractivity contribution in [3.63, 3.8) is 0 Å². The molecule has 0 aromatic heterocycles. The van der Waals surface area contributed by atoms with Crippen LogP contribution in [-0.2, 0) is 14.4 Å². The van der Waals surface area contributed by atoms with Crippen LogP contribution in [0.1, 0.15) is 85.5 Å². The lowest BCUT2D eigenvalue weighted by molar-refractivity contribution is -0.135. The highest BCUT2D eigenvalue weighted by atomic mass is 16.4. The Morgan fingerprint density at radius 1 is 1.04 bits per heavy atom. The molecule has 3 atom stereocenters. The molecule has 0 radical (unpaired) electrons. The second-order valence-corrected chi connectivity index (χ2v) is 7.41. The fourth-order valence-corrected chi connectivity index (χ4v) is 2.95. The molecule has 7 nitrogen and oxygen atoms in total. The average molecular weight is 398 g/mol. The van der Waals surface area contributed by atoms with Crippen LogP contribution in [0.5, 0.6) is 0 Å². The van der Waals surface area contributed by atoms with E-state index in [1.54, 1.807) is 6.92 Å². The maximum absolute atomic E-state index is 12.6. The monoisotopic (exact) mass is 397 g/mol. The summed E-state index contributed by atoms with van der Waals surface area (Å²) in [5.41, 5.74) is 6.00. The fourth-order valence-electron chi connectivity index (χ4n) is 2.95. The summed E-state index contributed by atoms with van der Waals surface area (Å²) in [6.45, 7) is 7.57. The van der Waals surface area contributed by atoms with Crippen LogP contribution in [0.2, 0.25) is 0 Å². The van der Waals surface area contributed by atoms with Gasteiger partial charge in [0.25, 0.3) is 0 Å². The van der Waals surface area contributed by atoms with Gasteiger partial charge in [0.05, 0.1) is 5.92 Å². The Hall–Kier alpha value is -1.89. The van der Waals surface area contributed by atoms with E-state index in [4.69, 9.17) is 10.8 Å². The summed E-state index contributed by atoms with van der Waals surface area (Å²) in [6.07, 6.45) is 8.98. The van der Waals surface area contributed by atoms with Crippen LogP contribution in [0.25, 0.3) is 0 Å². The van der Waals surface area contributed by atoms with Gasteiger partial charge in [-0.2, -0.15) is 0 Å². The molecule has 28 heavy (non-hydrogen) atoms. The third-order valence-electron chi connectivity index (χ3n) is 4.92. The highest BCUT2D eigenvalue weighted by Crippen LogP contribution is 2.13. The SMILES string of the molecule is CC=C(NC(=O)C[C@H](CCCCC)NC(=O)[C@H](C)[C@@H](N)CCCCC)C(=O)O. The largest absolute Gasteiger partial charge is 0.477 e. The number of allylic oxidation sites excluding steroid dienone is 1. The molecule has 5 N–H and O–H groups in total. The van der Waals surface area contributed by atoms with Crippen molar-refractivity contribution in [1.82, 2.24) is 10.6 Å². The summed E-state index contributed by atoms with van der Waals surface area (Å²) in [7, 11) is 0. The van der Waals surface area contributed by atoms with Gasteiger partial charge < -0.3 is 21.5 Å². The van der Waals surface area contributed by atoms with Crippen LogP contribution in [0, 0.1) is 5.92 Å². The fraction of sp³-hybridized carbons (Fsp3) is 0.762. The Labute approximate surface area is 169 Å². The Kier molecular flexibility index (Phi) is 14.1. The van der Waals surface area contributed by atoms with Gasteiger partial charge in [0.2, 0.25) is 11.8 Å². The van der Waals surface area contributed by atoms with Crippen LogP contribution in [-0.4, -0.2) is 35.0 Å². The predicted octanol–water partition coefficient (Wildman–Crippen LogP) is 3.09. The molecule has 0 spiro atoms. The molecule has 2 amide bonds. The van der Waals surface area contributed by atoms with E-state index in [1.165, 1.54) is 6.08 Å². The Morgan fingerprint density at radius 3 is 2.11 bits per heavy atom. The van der Waals surface area contributed by atoms with Gasteiger partial charge in [-0.1, -0.05) is 65.4 Å². The van der Waals surface area contributed by atoms with E-state index in [-0.39, 0.29) is 36.0 Å². The van der Waals surface area contributed by atoms with Crippen molar-refractivity contribution in [1.29, 1.82) is 0 Å². The average Bonchev–Trinajstić information content (AvgIpc) is 2.65. The normalized spacial score (nSPS) is 14.8. The molecule has 0 unspecified atom stereocenters. The first kappa shape index (κ1) is 26.1. The van der Waals surface area contributed by atoms with E-state index in [1.807, 2.05) is 6.92 Å². The first-order valence-corrected chi connectivity index (χ1v) is 10.5. The number of nitrogens with one attached hydrogen (secondary N) is 2. The van der Waals surface area contributed by atoms with E-state index in [0.29, 0.717) is 6.42 Å². The molecule has 0 fully saturated rings. The van der Waals surface area contributed by atoms with Crippen LogP contribution in [0.15, 0.2) is 11.8 Å². The van der Waals surface area contributed by atoms with Crippen LogP contribution in [0.4, 0.5) is 0 Å². The van der Waals surface area contributed by atoms with Crippen LogP contribution >= 0.6 is 0 Å². The number of hydrogen-bond acceptors (Lipinski definition) is 4. The molecular formula is C21H39N3O4. The smallest absolute Gasteiger partial charge is 0.352 e. The van der Waals surface area contributed by atoms with E-state index in [9.17, 15) is 14.4 Å². The Balaban J connectivity index is 4.83. The van der Waals surface area contributed by atoms with Gasteiger partial charge in [-0.05, 0) is 19.8 Å². The standard InChI is InChI=1S/C21H39N3O4/c1-5-8-10-12-16(14-19(25)24-18(7-3)21(27)28)23-20(26)15(4)17(22)13-11-9-6-2/h7,15-17H,5-6,8-14,22H2,1-4H3,(H,23,26)(H,24,25)(H,27,28)/t15-,16+,17+/m1/s1. The van der Waals surface area contributed by atoms with Gasteiger partial charge in [-0.25, -0.2) is 4.79 Å². The minimum atomic E-state index is -1.19. The van der Waals surface area contributed by atoms with Crippen molar-refractivity contribution in [2.75, 3.05) is 0 Å². The molecule has 0 aromatic rings. The molecule has 0 aromatic carbocycles. The lowest BCUT2D eigenvalue weighted by atomic mass is 9.95. The summed E-state index contributed by atoms with van der Waals surface area (Å²) >= 11 is 0. The second kappa shape index (κ2) is 15.1. The lowest BCUT2D eigenvalue weighted by Gasteiger charge is -2.24. The first-order valence-electron chi connectivity index (χ1n) is 10.5. The molecule has 162 valence electrons. The number of carboxylic acids is 1. The van der Waals surface area contributed by atoms with Crippen molar-refractivity contribution in [2.24, 2.45) is 11.7 Å². The zero-order valence-electron chi connectivity index (χ0n) is 17.9. The zero-order valence-corrected chi connectivity index (χ0v) is 17.9. The number of carbonyl (C=O) groups is 3. The highest BCUT2D eigenvalue weighted by molar-refractivity contribution is 5.92. The van der Waals surface area contributed by atoms with Crippen molar-refractivity contribution in [2.45, 2.75) is 97.6 Å². The van der Waals surface area contributed by atoms with Crippen LogP contribution in [0.3, 0.4) is 0 Å². The lowest BCUT2D eigenvalue weighted by Crippen LogP contribution is -2.46. The molecule has 0 saturated heterocycles. The Bertz CT molecular complexity index is 520. The van der Waals surface area contributed by atoms with Crippen molar-refractivity contribution in [3.8, 4) is 0 Å². The Morgan fingerprint density at radius 2 is 1.61 bits per heavy atom. The van der Waals surface area contributed by atoms with Crippen LogP contribution < -0.4 is 16.4 Å². The summed E-state index contributed by atoms with van der Waals surface area (Å²) in [4.78, 5) is 35.9. The maximum Gasteiger partial charge on any atom is 0.352 e. The molecule has 0 aliphatic heterocycles. The third kappa shape index (κ3) is 11.1. The zero-order chi connectivity index (χ0) is 21.5. The minimum Gasteiger partial charge on any atom is -0.477 e. The molecule has 0 bridgehead atoms. The van der Waals surface area contributed by atoms with Gasteiger partial charge in [-0.15, -0.1) is 0 Å². The molecular weight excluding hydrogens is 358 g/mol. The third-order valence-corrected chi connectivity index (χ3v) is 4.92. The van der Waals surface area contributed by atoms with Gasteiger partial charge in [0.1, 0.15) is 5.70 Å². The van der Waals surface area contributed by atoms with Crippen molar-refractivity contribution in [3.05, 3.63) is 11.8 Å². The summed E-state index contributed by atoms with van der Waals surface area (Å²) in [6, 6.07) is -0.547. The second-order valence-electron chi connectivity index (χ2n) is 7.41. The highest BCUT2D eigenvalue weighted by Gasteiger charge is 2.24. The van der Waals surface area contributed by atoms with Gasteiger partial charge >= 0.3 is 5.97 Å². The molecule has 0 saturated carbocycles. The van der Waals surface area contributed by atoms with E-state index in [0.717, 1.165) is 44.9 Å². The van der Waals surface area contributed by atoms with Crippen molar-refractivity contribution >= 4 is 17.8 Å². The van der Waals surface area contributed by atoms with Gasteiger partial charge in [-0.3, -0.25) is 9.59 Å². The number of amides is 2. The number of hydrogen-bond donors (Lipinski definition) is 4. The van der Waals surface area contributed by atoms with E-state index < -0.39 is 11.9 Å². The summed E-state index contributed by atoms with van der Waals surface area (Å²) in [5, 5.41) is 14.4. The predicted molar refractivity (Wildman–Crippen MR) is 112 cm³/mol. The summed E-state index contributed by atoms with van der Waals surface area (Å²) < 4.78 is 0. The molecule has 0 heterocycles. The van der Waals surface area contributed by atoms with Gasteiger partial charge in [0, 0.05) is 18.5 Å². The van der Waals surface area contributed by atoms with E-state index >= 15 is 0 Å². The number of unbranched alkanes of at least 4 members (excludes halogenated alkanes) is 4. The molecule has 0 aliphatic rings. The topological polar surface area (TPSA) is 122 Å². The van der Waals surface area contributed by atoms with Gasteiger partial charge in [0.15, 0.2) is 0 Å². The summed E-state index contributed by atoms with van der Waals surface area (Å²) in [5.74, 6) is -2.09. The molecule has 0 rings (SSSR count). The van der Waals surface area contributed by atoms with Crippen molar-refractivity contribution < 1.29 is 19.5 Å². The number of carboxylic acid groups (broad SMARTS) is 1. The number of carbonyl (C=O) groups excluding carboxylic acids is 2. The first-order chi connectivity index (χ1) is 13.3. The number of nitrogens with two attached hydrogens (primary N) is 1. The number of rotatable bonds is 15.